The predicted octanol–water partition coefficient (Wildman–Crippen LogP) is 20.4. The summed E-state index contributed by atoms with van der Waals surface area (Å²) in [5.41, 5.74) is 5.88. The lowest BCUT2D eigenvalue weighted by molar-refractivity contribution is -0.137. The van der Waals surface area contributed by atoms with E-state index in [2.05, 4.69) is 74.8 Å². The first-order valence-electron chi connectivity index (χ1n) is 37.0. The van der Waals surface area contributed by atoms with Crippen LogP contribution >= 0.6 is 46.1 Å². The van der Waals surface area contributed by atoms with Gasteiger partial charge in [-0.1, -0.05) is 46.9 Å². The molecule has 10 heterocycles. The number of benzene rings is 5. The number of aromatic nitrogens is 15. The van der Waals surface area contributed by atoms with Crippen LogP contribution in [0.1, 0.15) is 121 Å². The highest BCUT2D eigenvalue weighted by Crippen LogP contribution is 2.41. The van der Waals surface area contributed by atoms with Gasteiger partial charge in [0.2, 0.25) is 5.95 Å². The Kier molecular flexibility index (Phi) is 30.9. The molecule has 25 nitrogen and oxygen atoms in total. The molecule has 0 aliphatic heterocycles. The van der Waals surface area contributed by atoms with E-state index >= 15 is 0 Å². The van der Waals surface area contributed by atoms with Crippen LogP contribution < -0.4 is 23.7 Å². The monoisotopic (exact) mass is 1750 g/mol. The van der Waals surface area contributed by atoms with Gasteiger partial charge in [0.25, 0.3) is 0 Å². The van der Waals surface area contributed by atoms with E-state index < -0.39 is 29.3 Å². The summed E-state index contributed by atoms with van der Waals surface area (Å²) < 4.78 is 106. The molecule has 0 spiro atoms. The van der Waals surface area contributed by atoms with Crippen molar-refractivity contribution in [3.05, 3.63) is 374 Å². The Bertz CT molecular complexity index is 6050. The van der Waals surface area contributed by atoms with Gasteiger partial charge in [-0.25, -0.2) is 68.6 Å². The summed E-state index contributed by atoms with van der Waals surface area (Å²) in [7, 11) is 0. The summed E-state index contributed by atoms with van der Waals surface area (Å²) in [4.78, 5) is 121. The van der Waals surface area contributed by atoms with Crippen LogP contribution in [0.4, 0.5) is 26.3 Å². The number of ketones is 5. The molecule has 1 saturated carbocycles. The number of carbonyl (C=O) groups is 5. The summed E-state index contributed by atoms with van der Waals surface area (Å²) in [5, 5.41) is 3.81. The van der Waals surface area contributed by atoms with E-state index in [1.807, 2.05) is 31.4 Å². The number of Topliss-reactive ketones (excluding diaryl/α,β-unsaturated/α-hetero) is 5. The van der Waals surface area contributed by atoms with Gasteiger partial charge in [-0.05, 0) is 165 Å². The first kappa shape index (κ1) is 88.8. The fourth-order valence-corrected chi connectivity index (χ4v) is 12.8. The Morgan fingerprint density at radius 1 is 0.371 bits per heavy atom. The number of hydrogen-bond donors (Lipinski definition) is 0. The number of hydrogen-bond acceptors (Lipinski definition) is 26. The number of nitrogens with zero attached hydrogens (tertiary/aromatic N) is 15. The lowest BCUT2D eigenvalue weighted by Crippen LogP contribution is -2.08. The van der Waals surface area contributed by atoms with E-state index in [1.165, 1.54) is 178 Å². The van der Waals surface area contributed by atoms with Gasteiger partial charge in [0.1, 0.15) is 77.0 Å². The fraction of sp³-hybridized carbons (Fsp3) is 0.124. The molecule has 16 rings (SSSR count). The molecule has 0 N–H and O–H groups in total. The minimum atomic E-state index is -4.48. The van der Waals surface area contributed by atoms with Crippen molar-refractivity contribution in [3.8, 4) is 57.5 Å². The van der Waals surface area contributed by atoms with Crippen LogP contribution in [0.5, 0.6) is 57.5 Å². The van der Waals surface area contributed by atoms with Gasteiger partial charge >= 0.3 is 6.18 Å². The van der Waals surface area contributed by atoms with E-state index in [4.69, 9.17) is 58.5 Å². The van der Waals surface area contributed by atoms with Crippen LogP contribution in [0.25, 0.3) is 0 Å². The van der Waals surface area contributed by atoms with Gasteiger partial charge in [-0.3, -0.25) is 38.9 Å². The van der Waals surface area contributed by atoms with Gasteiger partial charge in [-0.2, -0.15) is 17.6 Å². The maximum absolute atomic E-state index is 13.9. The molecule has 1 aliphatic carbocycles. The van der Waals surface area contributed by atoms with Gasteiger partial charge in [-0.15, -0.1) is 11.3 Å². The van der Waals surface area contributed by atoms with Crippen LogP contribution in [0.3, 0.4) is 0 Å². The number of ether oxygens (including phenoxy) is 5. The summed E-state index contributed by atoms with van der Waals surface area (Å²) in [6, 6.07) is 34.3. The normalized spacial score (nSPS) is 11.2. The van der Waals surface area contributed by atoms with Crippen molar-refractivity contribution in [2.75, 3.05) is 0 Å². The number of pyridine rings is 4. The molecule has 0 bridgehead atoms. The first-order chi connectivity index (χ1) is 59.8. The molecule has 0 saturated heterocycles. The molecule has 15 aromatic rings. The third-order valence-corrected chi connectivity index (χ3v) is 18.4. The lowest BCUT2D eigenvalue weighted by Gasteiger charge is -2.09. The van der Waals surface area contributed by atoms with E-state index in [1.54, 1.807) is 73.3 Å². The Morgan fingerprint density at radius 3 is 1.19 bits per heavy atom. The molecule has 0 atom stereocenters. The third kappa shape index (κ3) is 28.3. The average Bonchev–Trinajstić information content (AvgIpc) is 1.64. The van der Waals surface area contributed by atoms with E-state index in [-0.39, 0.29) is 88.6 Å². The van der Waals surface area contributed by atoms with Crippen molar-refractivity contribution >= 4 is 75.1 Å². The minimum Gasteiger partial charge on any atom is -0.454 e. The molecule has 624 valence electrons. The first-order valence-corrected chi connectivity index (χ1v) is 39.0. The largest absolute Gasteiger partial charge is 0.454 e. The molecule has 10 aromatic heterocycles. The van der Waals surface area contributed by atoms with Gasteiger partial charge in [0, 0.05) is 96.6 Å². The number of alkyl halides is 3. The Labute approximate surface area is 721 Å². The summed E-state index contributed by atoms with van der Waals surface area (Å²) in [5.74, 6) is 2.03. The Morgan fingerprint density at radius 2 is 0.774 bits per heavy atom. The van der Waals surface area contributed by atoms with Crippen molar-refractivity contribution < 1.29 is 74.0 Å². The van der Waals surface area contributed by atoms with Crippen LogP contribution in [-0.4, -0.2) is 104 Å². The third-order valence-electron chi connectivity index (χ3n) is 16.9. The molecule has 0 unspecified atom stereocenters. The Balaban J connectivity index is 0.000000141. The highest BCUT2D eigenvalue weighted by Gasteiger charge is 2.31. The summed E-state index contributed by atoms with van der Waals surface area (Å²) >= 11 is 19.7. The number of carbonyl (C=O) groups excluding carboxylic acids is 5. The van der Waals surface area contributed by atoms with Crippen molar-refractivity contribution in [2.24, 2.45) is 0 Å². The second kappa shape index (κ2) is 43.2. The molecular formula is C89H64Cl3F6N15O10S. The van der Waals surface area contributed by atoms with Gasteiger partial charge in [0.05, 0.1) is 111 Å². The second-order valence-corrected chi connectivity index (χ2v) is 29.1. The molecule has 1 fully saturated rings. The topological polar surface area (TPSA) is 325 Å². The minimum absolute atomic E-state index is 0.0357. The number of thiazole rings is 1. The van der Waals surface area contributed by atoms with Crippen LogP contribution in [0, 0.1) is 31.4 Å². The zero-order valence-corrected chi connectivity index (χ0v) is 68.0. The smallest absolute Gasteiger partial charge is 0.417 e. The van der Waals surface area contributed by atoms with Crippen molar-refractivity contribution in [1.29, 1.82) is 0 Å². The maximum Gasteiger partial charge on any atom is 0.417 e. The average molecular weight is 1760 g/mol. The molecule has 1 aliphatic rings. The second-order valence-electron chi connectivity index (χ2n) is 26.9. The number of rotatable bonds is 26. The zero-order chi connectivity index (χ0) is 87.5. The highest BCUT2D eigenvalue weighted by molar-refractivity contribution is 7.09. The van der Waals surface area contributed by atoms with Gasteiger partial charge in [0.15, 0.2) is 57.7 Å². The zero-order valence-electron chi connectivity index (χ0n) is 65.0. The van der Waals surface area contributed by atoms with Crippen molar-refractivity contribution in [2.45, 2.75) is 70.9 Å². The van der Waals surface area contributed by atoms with Crippen LogP contribution in [-0.2, 0) is 38.3 Å². The number of aryl methyl sites for hydroxylation is 2. The van der Waals surface area contributed by atoms with E-state index in [0.29, 0.717) is 102 Å². The molecule has 35 heteroatoms. The van der Waals surface area contributed by atoms with Gasteiger partial charge < -0.3 is 23.7 Å². The van der Waals surface area contributed by atoms with Crippen LogP contribution in [0.2, 0.25) is 15.1 Å². The quantitative estimate of drug-likeness (QED) is 0.0276. The SMILES string of the molecule is Cc1cc(Oc2cncnc2)cc(C(=O)Cc2ccc(F)cn2)c1.Cc1cncc(CC(=O)c2cc(Cl)cc(Oc3cncnc3)c2)c1.O=C(Cc1ccc(C(F)(F)F)cn1)c1cc(Cl)cc(Oc2cncnc2)c1.O=C(Cc1cccc(F)n1)c1cc(Cl)cc(Oc2cncnc2)c1.O=C(Cc1nc(C2CC2)cs1)c1cc(F)cc(Oc2cncnc2)c1. The highest BCUT2D eigenvalue weighted by atomic mass is 35.5. The molecule has 0 radical (unpaired) electrons. The maximum atomic E-state index is 13.9. The summed E-state index contributed by atoms with van der Waals surface area (Å²) in [6.45, 7) is 3.81. The molecule has 124 heavy (non-hydrogen) atoms. The number of halogens is 9. The predicted molar refractivity (Wildman–Crippen MR) is 443 cm³/mol. The van der Waals surface area contributed by atoms with E-state index in [0.717, 1.165) is 39.7 Å². The fourth-order valence-electron chi connectivity index (χ4n) is 11.2. The van der Waals surface area contributed by atoms with Crippen molar-refractivity contribution in [1.82, 2.24) is 74.8 Å². The molecular weight excluding hydrogens is 1690 g/mol. The van der Waals surface area contributed by atoms with Crippen molar-refractivity contribution in [3.63, 3.8) is 0 Å². The standard InChI is InChI=1S/C18H11ClF3N3O2.C18H14ClN3O2.C18H14FN3O2S.C18H14FN3O2.C17H11ClFN3O2/c19-13-3-11(4-15(5-13)27-16-8-23-10-24-9-16)17(26)6-14-2-1-12(7-25-14)18(20,21)22;1-12-2-13(8-20-7-12)3-18(23)14-4-15(19)6-16(5-14)24-17-9-21-11-22-10-17;19-13-3-12(4-14(5-13)24-15-7-20-10-21-8-15)17(23)6-18-22-16(9-25-18)11-1-2-11;1-12-4-13(18(23)7-15-3-2-14(19)8-22-15)6-16(5-12)24-17-9-20-11-21-10-17;18-12-4-11(16(23)7-13-2-1-3-17(19)22-13)5-14(6-12)24-15-8-20-10-21-9-15/h1-5,7-10H,6H2;2,4-11H,3H2,1H3;3-5,7-11H,1-2,6H2;2-6,8-11H,7H2,1H3;1-6,8-10H,7H2. The van der Waals surface area contributed by atoms with E-state index in [9.17, 15) is 50.3 Å². The molecule has 5 aromatic carbocycles. The van der Waals surface area contributed by atoms with Crippen LogP contribution in [0.15, 0.2) is 263 Å². The Hall–Kier alpha value is -14.5. The molecule has 0 amide bonds. The summed E-state index contributed by atoms with van der Waals surface area (Å²) in [6.07, 6.45) is 25.3. The lowest BCUT2D eigenvalue weighted by atomic mass is 10.0.